The molecule has 0 unspecified atom stereocenters. The van der Waals surface area contributed by atoms with E-state index in [0.29, 0.717) is 23.2 Å². The zero-order valence-electron chi connectivity index (χ0n) is 17.2. The fourth-order valence-corrected chi connectivity index (χ4v) is 3.30. The number of esters is 1. The van der Waals surface area contributed by atoms with Crippen LogP contribution in [0.15, 0.2) is 30.3 Å². The van der Waals surface area contributed by atoms with Crippen molar-refractivity contribution in [3.63, 3.8) is 0 Å². The zero-order chi connectivity index (χ0) is 21.0. The first kappa shape index (κ1) is 20.5. The van der Waals surface area contributed by atoms with E-state index in [1.165, 1.54) is 31.7 Å². The number of rotatable bonds is 8. The monoisotopic (exact) mass is 398 g/mol. The maximum Gasteiger partial charge on any atom is 0.331 e. The molecule has 1 aromatic carbocycles. The third-order valence-electron chi connectivity index (χ3n) is 4.86. The molecule has 1 saturated carbocycles. The van der Waals surface area contributed by atoms with Crippen molar-refractivity contribution in [2.24, 2.45) is 0 Å². The van der Waals surface area contributed by atoms with Gasteiger partial charge >= 0.3 is 5.97 Å². The molecular weight excluding hydrogens is 372 g/mol. The van der Waals surface area contributed by atoms with Gasteiger partial charge < -0.3 is 24.1 Å². The molecule has 0 aliphatic heterocycles. The minimum absolute atomic E-state index is 0.389. The van der Waals surface area contributed by atoms with Gasteiger partial charge in [-0.3, -0.25) is 4.79 Å². The first-order valence-corrected chi connectivity index (χ1v) is 9.48. The van der Waals surface area contributed by atoms with E-state index in [-0.39, 0.29) is 6.61 Å². The van der Waals surface area contributed by atoms with E-state index >= 15 is 0 Å². The van der Waals surface area contributed by atoms with E-state index in [0.717, 1.165) is 11.3 Å². The number of anilines is 1. The molecule has 0 atom stereocenters. The molecule has 1 aliphatic rings. The second-order valence-corrected chi connectivity index (χ2v) is 6.98. The summed E-state index contributed by atoms with van der Waals surface area (Å²) in [6, 6.07) is 7.66. The minimum Gasteiger partial charge on any atom is -0.497 e. The SMILES string of the molecule is COc1ccc(NC(=O)COC(=O)/C=C/c2cc(C)n(C3CC3)c2C)c(OC)c1. The highest BCUT2D eigenvalue weighted by Gasteiger charge is 2.26. The molecule has 0 radical (unpaired) electrons. The first-order chi connectivity index (χ1) is 13.9. The lowest BCUT2D eigenvalue weighted by atomic mass is 10.2. The molecule has 1 N–H and O–H groups in total. The van der Waals surface area contributed by atoms with Crippen LogP contribution in [0, 0.1) is 13.8 Å². The fraction of sp³-hybridized carbons (Fsp3) is 0.364. The van der Waals surface area contributed by atoms with Gasteiger partial charge in [-0.1, -0.05) is 0 Å². The molecule has 0 bridgehead atoms. The summed E-state index contributed by atoms with van der Waals surface area (Å²) in [5.41, 5.74) is 3.78. The van der Waals surface area contributed by atoms with Crippen molar-refractivity contribution in [2.75, 3.05) is 26.1 Å². The number of aryl methyl sites for hydroxylation is 1. The molecular formula is C22H26N2O5. The molecule has 0 saturated heterocycles. The van der Waals surface area contributed by atoms with Gasteiger partial charge in [-0.05, 0) is 56.5 Å². The van der Waals surface area contributed by atoms with E-state index < -0.39 is 11.9 Å². The maximum atomic E-state index is 12.1. The number of ether oxygens (including phenoxy) is 3. The van der Waals surface area contributed by atoms with Crippen molar-refractivity contribution in [1.82, 2.24) is 4.57 Å². The Morgan fingerprint density at radius 3 is 2.59 bits per heavy atom. The highest BCUT2D eigenvalue weighted by Crippen LogP contribution is 2.38. The van der Waals surface area contributed by atoms with Crippen LogP contribution in [0.25, 0.3) is 6.08 Å². The number of amides is 1. The van der Waals surface area contributed by atoms with E-state index in [1.807, 2.05) is 6.92 Å². The fourth-order valence-electron chi connectivity index (χ4n) is 3.30. The van der Waals surface area contributed by atoms with Crippen molar-refractivity contribution in [3.8, 4) is 11.5 Å². The summed E-state index contributed by atoms with van der Waals surface area (Å²) in [6.07, 6.45) is 5.49. The Morgan fingerprint density at radius 1 is 1.17 bits per heavy atom. The standard InChI is InChI=1S/C22H26N2O5/c1-14-11-16(15(2)24(14)17-6-7-17)5-10-22(26)29-13-21(25)23-19-9-8-18(27-3)12-20(19)28-4/h5,8-12,17H,6-7,13H2,1-4H3,(H,23,25)/b10-5+. The Bertz CT molecular complexity index is 941. The molecule has 1 aromatic heterocycles. The first-order valence-electron chi connectivity index (χ1n) is 9.48. The van der Waals surface area contributed by atoms with E-state index in [2.05, 4.69) is 22.9 Å². The molecule has 3 rings (SSSR count). The summed E-state index contributed by atoms with van der Waals surface area (Å²) >= 11 is 0. The summed E-state index contributed by atoms with van der Waals surface area (Å²) in [5, 5.41) is 2.66. The van der Waals surface area contributed by atoms with Crippen molar-refractivity contribution in [2.45, 2.75) is 32.7 Å². The zero-order valence-corrected chi connectivity index (χ0v) is 17.2. The van der Waals surface area contributed by atoms with Crippen LogP contribution in [0.5, 0.6) is 11.5 Å². The molecule has 2 aromatic rings. The minimum atomic E-state index is -0.571. The maximum absolute atomic E-state index is 12.1. The number of nitrogens with zero attached hydrogens (tertiary/aromatic N) is 1. The predicted molar refractivity (Wildman–Crippen MR) is 110 cm³/mol. The van der Waals surface area contributed by atoms with Crippen LogP contribution in [0.1, 0.15) is 35.8 Å². The molecule has 7 nitrogen and oxygen atoms in total. The van der Waals surface area contributed by atoms with Gasteiger partial charge in [0.2, 0.25) is 0 Å². The quantitative estimate of drug-likeness (QED) is 0.542. The van der Waals surface area contributed by atoms with Gasteiger partial charge in [0.1, 0.15) is 11.5 Å². The van der Waals surface area contributed by atoms with Crippen molar-refractivity contribution >= 4 is 23.6 Å². The third kappa shape index (κ3) is 4.99. The molecule has 1 heterocycles. The number of aromatic nitrogens is 1. The molecule has 0 spiro atoms. The Hall–Kier alpha value is -3.22. The largest absolute Gasteiger partial charge is 0.497 e. The highest BCUT2D eigenvalue weighted by molar-refractivity contribution is 5.95. The topological polar surface area (TPSA) is 78.8 Å². The van der Waals surface area contributed by atoms with Crippen LogP contribution in [0.4, 0.5) is 5.69 Å². The summed E-state index contributed by atoms with van der Waals surface area (Å²) in [6.45, 7) is 3.73. The van der Waals surface area contributed by atoms with Gasteiger partial charge in [0.05, 0.1) is 19.9 Å². The summed E-state index contributed by atoms with van der Waals surface area (Å²) in [4.78, 5) is 24.1. The van der Waals surface area contributed by atoms with E-state index in [9.17, 15) is 9.59 Å². The number of benzene rings is 1. The van der Waals surface area contributed by atoms with E-state index in [4.69, 9.17) is 14.2 Å². The van der Waals surface area contributed by atoms with Crippen LogP contribution in [-0.4, -0.2) is 37.3 Å². The molecule has 1 fully saturated rings. The van der Waals surface area contributed by atoms with Gasteiger partial charge in [0, 0.05) is 29.6 Å². The Labute approximate surface area is 170 Å². The average Bonchev–Trinajstić information content (AvgIpc) is 3.50. The third-order valence-corrected chi connectivity index (χ3v) is 4.86. The van der Waals surface area contributed by atoms with Crippen LogP contribution in [0.2, 0.25) is 0 Å². The van der Waals surface area contributed by atoms with Crippen molar-refractivity contribution in [3.05, 3.63) is 47.3 Å². The Morgan fingerprint density at radius 2 is 1.93 bits per heavy atom. The van der Waals surface area contributed by atoms with Gasteiger partial charge in [-0.15, -0.1) is 0 Å². The van der Waals surface area contributed by atoms with Crippen LogP contribution in [0.3, 0.4) is 0 Å². The predicted octanol–water partition coefficient (Wildman–Crippen LogP) is 3.65. The second kappa shape index (κ2) is 8.86. The van der Waals surface area contributed by atoms with E-state index in [1.54, 1.807) is 31.4 Å². The molecule has 29 heavy (non-hydrogen) atoms. The Balaban J connectivity index is 1.54. The number of carbonyl (C=O) groups excluding carboxylic acids is 2. The lowest BCUT2D eigenvalue weighted by Crippen LogP contribution is -2.20. The summed E-state index contributed by atoms with van der Waals surface area (Å²) in [5.74, 6) is 0.0348. The summed E-state index contributed by atoms with van der Waals surface area (Å²) < 4.78 is 17.7. The number of hydrogen-bond acceptors (Lipinski definition) is 5. The summed E-state index contributed by atoms with van der Waals surface area (Å²) in [7, 11) is 3.04. The van der Waals surface area contributed by atoms with Gasteiger partial charge in [0.25, 0.3) is 5.91 Å². The van der Waals surface area contributed by atoms with Crippen molar-refractivity contribution < 1.29 is 23.8 Å². The van der Waals surface area contributed by atoms with Crippen LogP contribution >= 0.6 is 0 Å². The molecule has 154 valence electrons. The lowest BCUT2D eigenvalue weighted by molar-refractivity contribution is -0.142. The number of nitrogens with one attached hydrogen (secondary N) is 1. The van der Waals surface area contributed by atoms with Gasteiger partial charge in [-0.2, -0.15) is 0 Å². The lowest BCUT2D eigenvalue weighted by Gasteiger charge is -2.11. The number of hydrogen-bond donors (Lipinski definition) is 1. The molecule has 1 aliphatic carbocycles. The van der Waals surface area contributed by atoms with Crippen LogP contribution in [-0.2, 0) is 14.3 Å². The second-order valence-electron chi connectivity index (χ2n) is 6.98. The van der Waals surface area contributed by atoms with Crippen molar-refractivity contribution in [1.29, 1.82) is 0 Å². The normalized spacial score (nSPS) is 13.4. The Kier molecular flexibility index (Phi) is 6.26. The molecule has 1 amide bonds. The van der Waals surface area contributed by atoms with Gasteiger partial charge in [-0.25, -0.2) is 4.79 Å². The highest BCUT2D eigenvalue weighted by atomic mass is 16.5. The molecule has 7 heteroatoms. The number of methoxy groups -OCH3 is 2. The van der Waals surface area contributed by atoms with Gasteiger partial charge in [0.15, 0.2) is 6.61 Å². The number of carbonyl (C=O) groups is 2. The average molecular weight is 398 g/mol. The smallest absolute Gasteiger partial charge is 0.331 e. The van der Waals surface area contributed by atoms with Crippen LogP contribution < -0.4 is 14.8 Å².